The zero-order valence-electron chi connectivity index (χ0n) is 35.8. The minimum absolute atomic E-state index is 0.246. The first-order valence-electron chi connectivity index (χ1n) is 21.2. The molecule has 20 atom stereocenters. The fourth-order valence-electron chi connectivity index (χ4n) is 7.57. The molecule has 0 aliphatic carbocycles. The van der Waals surface area contributed by atoms with Gasteiger partial charge in [-0.2, -0.15) is 0 Å². The maximum absolute atomic E-state index is 13.0. The predicted molar refractivity (Wildman–Crippen MR) is 208 cm³/mol. The van der Waals surface area contributed by atoms with Crippen molar-refractivity contribution in [1.82, 2.24) is 19.9 Å². The minimum Gasteiger partial charge on any atom is -0.394 e. The zero-order valence-corrected chi connectivity index (χ0v) is 35.8. The number of carbonyl (C=O) groups excluding carboxylic acids is 1. The second kappa shape index (κ2) is 25.3. The maximum atomic E-state index is 13.0. The Morgan fingerprint density at radius 2 is 1.17 bits per heavy atom. The van der Waals surface area contributed by atoms with Crippen molar-refractivity contribution in [1.29, 1.82) is 0 Å². The number of aliphatic hydroxyl groups is 12. The highest BCUT2D eigenvalue weighted by molar-refractivity contribution is 5.73. The van der Waals surface area contributed by atoms with E-state index < -0.39 is 148 Å². The van der Waals surface area contributed by atoms with Gasteiger partial charge < -0.3 is 119 Å². The molecule has 1 amide bonds. The fourth-order valence-corrected chi connectivity index (χ4v) is 7.57. The second-order valence-electron chi connectivity index (χ2n) is 15.9. The van der Waals surface area contributed by atoms with Gasteiger partial charge in [0, 0.05) is 13.5 Å². The van der Waals surface area contributed by atoms with Crippen LogP contribution in [-0.4, -0.2) is 276 Å². The van der Waals surface area contributed by atoms with Gasteiger partial charge in [0.1, 0.15) is 97.3 Å². The highest BCUT2D eigenvalue weighted by Crippen LogP contribution is 2.36. The van der Waals surface area contributed by atoms with Crippen LogP contribution >= 0.6 is 0 Å². The van der Waals surface area contributed by atoms with E-state index >= 15 is 0 Å². The van der Waals surface area contributed by atoms with E-state index in [0.29, 0.717) is 39.6 Å². The minimum atomic E-state index is -2.03. The Hall–Kier alpha value is -2.31. The monoisotopic (exact) mass is 947 g/mol. The smallest absolute Gasteiger partial charge is 0.221 e. The molecule has 1 aromatic heterocycles. The van der Waals surface area contributed by atoms with Crippen molar-refractivity contribution in [3.8, 4) is 0 Å². The molecule has 0 radical (unpaired) electrons. The molecule has 4 fully saturated rings. The number of nitrogens with zero attached hydrogens (tertiary/aromatic N) is 4. The van der Waals surface area contributed by atoms with Gasteiger partial charge in [-0.1, -0.05) is 5.21 Å². The number of aliphatic hydroxyl groups excluding tert-OH is 12. The summed E-state index contributed by atoms with van der Waals surface area (Å²) < 4.78 is 58.5. The average molecular weight is 948 g/mol. The van der Waals surface area contributed by atoms with E-state index in [4.69, 9.17) is 53.1 Å². The summed E-state index contributed by atoms with van der Waals surface area (Å²) in [5, 5.41) is 137. The van der Waals surface area contributed by atoms with Gasteiger partial charge in [-0.25, -0.2) is 4.68 Å². The maximum Gasteiger partial charge on any atom is 0.221 e. The van der Waals surface area contributed by atoms with Crippen molar-refractivity contribution in [3.63, 3.8) is 0 Å². The lowest BCUT2D eigenvalue weighted by atomic mass is 9.95. The summed E-state index contributed by atoms with van der Waals surface area (Å²) in [4.78, 5) is 14.0. The molecule has 0 aromatic carbocycles. The van der Waals surface area contributed by atoms with Crippen molar-refractivity contribution in [2.45, 2.75) is 150 Å². The van der Waals surface area contributed by atoms with Gasteiger partial charge in [0.15, 0.2) is 25.1 Å². The van der Waals surface area contributed by atoms with E-state index in [2.05, 4.69) is 10.3 Å². The Balaban J connectivity index is 1.31. The van der Waals surface area contributed by atoms with Crippen molar-refractivity contribution in [2.75, 3.05) is 66.0 Å². The molecule has 376 valence electrons. The lowest BCUT2D eigenvalue weighted by Crippen LogP contribution is -2.69. The molecule has 14 N–H and O–H groups in total. The number of hydrogen-bond acceptors (Lipinski definition) is 26. The van der Waals surface area contributed by atoms with Crippen LogP contribution in [0.5, 0.6) is 0 Å². The topological polar surface area (TPSA) is 412 Å². The van der Waals surface area contributed by atoms with Crippen LogP contribution in [0.25, 0.3) is 0 Å². The van der Waals surface area contributed by atoms with Crippen LogP contribution in [0.2, 0.25) is 0 Å². The molecule has 0 saturated carbocycles. The normalized spacial score (nSPS) is 40.2. The lowest BCUT2D eigenvalue weighted by molar-refractivity contribution is -0.402. The Morgan fingerprint density at radius 1 is 0.631 bits per heavy atom. The molecule has 0 bridgehead atoms. The number of hydrogen-bond donors (Lipinski definition) is 13. The predicted octanol–water partition coefficient (Wildman–Crippen LogP) is -9.06. The standard InChI is InChI=1S/C37H65N5O23/c1-16-22(47)25(50)29(54)35(59-16)65-33-32(64-36-30(55)26(51)23(48)19(13-43)61-36)24(49)20(14-44)62-37(33)63-31-21(15-45)60-34(28(53)27(31)52)42(17(2)46)12-18-11-41(40-39-18)4-6-57-8-10-58-9-7-56-5-3-38/h11,16,19-37,43-45,47-55H,3-10,12-15,38H2,1-2H3/t16?,19?,20?,21-,22?,23?,24-,25-,26-,27?,28?,29?,30?,31?,32-,33?,34?,35-,36+,37-/m0/s1. The van der Waals surface area contributed by atoms with Crippen molar-refractivity contribution in [2.24, 2.45) is 5.73 Å². The zero-order chi connectivity index (χ0) is 47.5. The fraction of sp³-hybridized carbons (Fsp3) is 0.919. The van der Waals surface area contributed by atoms with Crippen LogP contribution in [0.4, 0.5) is 0 Å². The number of aromatic nitrogens is 3. The van der Waals surface area contributed by atoms with Gasteiger partial charge >= 0.3 is 0 Å². The van der Waals surface area contributed by atoms with E-state index in [1.807, 2.05) is 0 Å². The average Bonchev–Trinajstić information content (AvgIpc) is 3.75. The van der Waals surface area contributed by atoms with Gasteiger partial charge in [0.05, 0.1) is 84.9 Å². The highest BCUT2D eigenvalue weighted by Gasteiger charge is 2.57. The summed E-state index contributed by atoms with van der Waals surface area (Å²) in [6.45, 7) is 2.32. The lowest BCUT2D eigenvalue weighted by Gasteiger charge is -2.51. The molecular formula is C37H65N5O23. The molecule has 5 rings (SSSR count). The molecule has 65 heavy (non-hydrogen) atoms. The van der Waals surface area contributed by atoms with Crippen LogP contribution < -0.4 is 5.73 Å². The molecule has 28 nitrogen and oxygen atoms in total. The van der Waals surface area contributed by atoms with Crippen LogP contribution in [-0.2, 0) is 65.3 Å². The summed E-state index contributed by atoms with van der Waals surface area (Å²) in [6.07, 6.45) is -34.4. The van der Waals surface area contributed by atoms with E-state index in [1.165, 1.54) is 17.8 Å². The molecule has 5 heterocycles. The van der Waals surface area contributed by atoms with Crippen LogP contribution in [0.15, 0.2) is 6.20 Å². The molecule has 4 aliphatic heterocycles. The van der Waals surface area contributed by atoms with Crippen LogP contribution in [0.3, 0.4) is 0 Å². The highest BCUT2D eigenvalue weighted by atomic mass is 16.8. The molecule has 4 aliphatic rings. The van der Waals surface area contributed by atoms with E-state index in [-0.39, 0.29) is 25.4 Å². The quantitative estimate of drug-likeness (QED) is 0.0453. The van der Waals surface area contributed by atoms with Gasteiger partial charge in [-0.15, -0.1) is 5.10 Å². The Labute approximate surface area is 372 Å². The van der Waals surface area contributed by atoms with E-state index in [9.17, 15) is 66.1 Å². The van der Waals surface area contributed by atoms with Crippen molar-refractivity contribution < 1.29 is 113 Å². The molecule has 12 unspecified atom stereocenters. The number of nitrogens with two attached hydrogens (primary N) is 1. The summed E-state index contributed by atoms with van der Waals surface area (Å²) in [5.74, 6) is -0.645. The molecule has 28 heteroatoms. The number of amides is 1. The largest absolute Gasteiger partial charge is 0.394 e. The molecular weight excluding hydrogens is 882 g/mol. The number of ether oxygens (including phenoxy) is 10. The first-order chi connectivity index (χ1) is 31.1. The summed E-state index contributed by atoms with van der Waals surface area (Å²) in [6, 6.07) is 0. The van der Waals surface area contributed by atoms with Crippen LogP contribution in [0.1, 0.15) is 19.5 Å². The molecule has 1 aromatic rings. The van der Waals surface area contributed by atoms with E-state index in [0.717, 1.165) is 11.8 Å². The van der Waals surface area contributed by atoms with Gasteiger partial charge in [0.2, 0.25) is 5.91 Å². The first-order valence-corrected chi connectivity index (χ1v) is 21.2. The van der Waals surface area contributed by atoms with Crippen molar-refractivity contribution in [3.05, 3.63) is 11.9 Å². The SMILES string of the molecule is CC(=O)N(Cc1cn(CCOCCOCCOCCN)nn1)C1O[C@@H](CO)C(O[C@@H]2OC(CO)[C@H](O)[C@H](O[C@H]3OC(CO)C(O)[C@H](O)C3O)C2O[C@@H]2OC(C)C(O)[C@H](O)C2O)C(O)C1O. The Kier molecular flexibility index (Phi) is 20.9. The third-order valence-corrected chi connectivity index (χ3v) is 11.3. The Bertz CT molecular complexity index is 1550. The van der Waals surface area contributed by atoms with E-state index in [1.54, 1.807) is 0 Å². The number of carbonyl (C=O) groups is 1. The van der Waals surface area contributed by atoms with Gasteiger partial charge in [-0.05, 0) is 6.92 Å². The third kappa shape index (κ3) is 13.3. The number of rotatable bonds is 23. The summed E-state index contributed by atoms with van der Waals surface area (Å²) in [7, 11) is 0. The molecule has 4 saturated heterocycles. The van der Waals surface area contributed by atoms with Crippen molar-refractivity contribution >= 4 is 5.91 Å². The van der Waals surface area contributed by atoms with Crippen LogP contribution in [0, 0.1) is 0 Å². The first kappa shape index (κ1) is 53.6. The summed E-state index contributed by atoms with van der Waals surface area (Å²) in [5.41, 5.74) is 5.62. The molecule has 0 spiro atoms. The Morgan fingerprint density at radius 3 is 1.78 bits per heavy atom. The third-order valence-electron chi connectivity index (χ3n) is 11.3. The van der Waals surface area contributed by atoms with Gasteiger partial charge in [0.25, 0.3) is 0 Å². The van der Waals surface area contributed by atoms with Gasteiger partial charge in [-0.3, -0.25) is 4.79 Å². The summed E-state index contributed by atoms with van der Waals surface area (Å²) >= 11 is 0. The second-order valence-corrected chi connectivity index (χ2v) is 15.9.